The van der Waals surface area contributed by atoms with Crippen LogP contribution in [0.2, 0.25) is 0 Å². The Kier molecular flexibility index (Phi) is 7.73. The van der Waals surface area contributed by atoms with Crippen LogP contribution in [0.3, 0.4) is 0 Å². The van der Waals surface area contributed by atoms with E-state index < -0.39 is 27.9 Å². The van der Waals surface area contributed by atoms with Crippen molar-refractivity contribution in [2.75, 3.05) is 31.9 Å². The minimum Gasteiger partial charge on any atom is -0.497 e. The second-order valence-corrected chi connectivity index (χ2v) is 12.8. The molecule has 2 N–H and O–H groups in total. The molecular weight excluding hydrogens is 557 g/mol. The van der Waals surface area contributed by atoms with E-state index in [4.69, 9.17) is 9.47 Å². The van der Waals surface area contributed by atoms with Crippen molar-refractivity contribution in [1.29, 1.82) is 0 Å². The van der Waals surface area contributed by atoms with E-state index in [1.54, 1.807) is 18.2 Å². The minimum absolute atomic E-state index is 0.0796. The second-order valence-electron chi connectivity index (χ2n) is 10.8. The third-order valence-corrected chi connectivity index (χ3v) is 9.32. The molecule has 0 radical (unpaired) electrons. The smallest absolute Gasteiger partial charge is 0.417 e. The van der Waals surface area contributed by atoms with Crippen LogP contribution in [-0.4, -0.2) is 46.9 Å². The highest BCUT2D eigenvalue weighted by atomic mass is 32.2. The highest BCUT2D eigenvalue weighted by molar-refractivity contribution is 7.90. The summed E-state index contributed by atoms with van der Waals surface area (Å²) in [6.45, 7) is 0.727. The monoisotopic (exact) mass is 590 g/mol. The SMILES string of the molecule is COc1ccc(-c2ccc3c(c2)C2(CCCC2)CN3C(O)NCc2ccc(S(C)(=O)=O)cc2OC)c(C(F)(F)F)c1. The normalized spacial score (nSPS) is 17.1. The zero-order chi connectivity index (χ0) is 29.6. The lowest BCUT2D eigenvalue weighted by atomic mass is 9.79. The summed E-state index contributed by atoms with van der Waals surface area (Å²) < 4.78 is 76.3. The van der Waals surface area contributed by atoms with E-state index in [-0.39, 0.29) is 28.2 Å². The first-order chi connectivity index (χ1) is 19.4. The fourth-order valence-electron chi connectivity index (χ4n) is 6.12. The molecule has 7 nitrogen and oxygen atoms in total. The molecule has 1 spiro atoms. The van der Waals surface area contributed by atoms with Crippen LogP contribution in [0.25, 0.3) is 11.1 Å². The minimum atomic E-state index is -4.55. The molecule has 1 atom stereocenters. The molecule has 11 heteroatoms. The van der Waals surface area contributed by atoms with Gasteiger partial charge in [0.1, 0.15) is 11.5 Å². The number of halogens is 3. The summed E-state index contributed by atoms with van der Waals surface area (Å²) in [5.74, 6) is 0.517. The summed E-state index contributed by atoms with van der Waals surface area (Å²) in [5.41, 5.74) is 1.90. The highest BCUT2D eigenvalue weighted by Crippen LogP contribution is 2.52. The first kappa shape index (κ1) is 29.2. The maximum atomic E-state index is 14.0. The second kappa shape index (κ2) is 10.8. The van der Waals surface area contributed by atoms with Gasteiger partial charge in [-0.2, -0.15) is 13.2 Å². The van der Waals surface area contributed by atoms with Crippen LogP contribution in [0.15, 0.2) is 59.5 Å². The van der Waals surface area contributed by atoms with E-state index in [2.05, 4.69) is 5.32 Å². The van der Waals surface area contributed by atoms with Crippen molar-refractivity contribution in [3.8, 4) is 22.6 Å². The number of hydrogen-bond acceptors (Lipinski definition) is 7. The van der Waals surface area contributed by atoms with Crippen LogP contribution < -0.4 is 19.7 Å². The van der Waals surface area contributed by atoms with Crippen molar-refractivity contribution in [2.24, 2.45) is 0 Å². The highest BCUT2D eigenvalue weighted by Gasteiger charge is 2.46. The van der Waals surface area contributed by atoms with Crippen LogP contribution >= 0.6 is 0 Å². The number of hydrogen-bond donors (Lipinski definition) is 2. The molecule has 1 aliphatic heterocycles. The average molecular weight is 591 g/mol. The summed E-state index contributed by atoms with van der Waals surface area (Å²) in [5, 5.41) is 14.4. The maximum Gasteiger partial charge on any atom is 0.417 e. The predicted octanol–water partition coefficient (Wildman–Crippen LogP) is 5.49. The fourth-order valence-corrected chi connectivity index (χ4v) is 6.76. The molecule has 0 amide bonds. The third-order valence-electron chi connectivity index (χ3n) is 8.21. The van der Waals surface area contributed by atoms with Crippen molar-refractivity contribution in [3.05, 3.63) is 71.3 Å². The van der Waals surface area contributed by atoms with Gasteiger partial charge in [0.25, 0.3) is 0 Å². The Labute approximate surface area is 237 Å². The molecule has 0 saturated heterocycles. The molecule has 1 heterocycles. The van der Waals surface area contributed by atoms with Gasteiger partial charge < -0.3 is 19.5 Å². The summed E-state index contributed by atoms with van der Waals surface area (Å²) >= 11 is 0. The third kappa shape index (κ3) is 5.62. The molecule has 1 saturated carbocycles. The van der Waals surface area contributed by atoms with Gasteiger partial charge in [-0.05, 0) is 65.9 Å². The standard InChI is InChI=1S/C30H33F3N2O5S/c1-39-21-8-10-23(24(15-21)30(31,32)33)19-7-11-26-25(14-19)29(12-4-5-13-29)18-35(26)28(36)34-17-20-6-9-22(41(3,37)38)16-27(20)40-2/h6-11,14-16,28,34,36H,4-5,12-13,17-18H2,1-3H3. The molecule has 0 bridgehead atoms. The lowest BCUT2D eigenvalue weighted by Crippen LogP contribution is -2.47. The Morgan fingerprint density at radius 3 is 2.39 bits per heavy atom. The maximum absolute atomic E-state index is 14.0. The Balaban J connectivity index is 1.45. The Morgan fingerprint density at radius 2 is 1.76 bits per heavy atom. The molecule has 41 heavy (non-hydrogen) atoms. The molecule has 3 aromatic rings. The van der Waals surface area contributed by atoms with Crippen LogP contribution in [0, 0.1) is 0 Å². The molecule has 1 unspecified atom stereocenters. The Hall–Kier alpha value is -3.28. The van der Waals surface area contributed by atoms with Crippen LogP contribution in [0.4, 0.5) is 18.9 Å². The number of aliphatic hydroxyl groups excluding tert-OH is 1. The van der Waals surface area contributed by atoms with Gasteiger partial charge in [0, 0.05) is 36.0 Å². The Morgan fingerprint density at radius 1 is 1.02 bits per heavy atom. The summed E-state index contributed by atoms with van der Waals surface area (Å²) in [4.78, 5) is 1.98. The van der Waals surface area contributed by atoms with Crippen molar-refractivity contribution in [3.63, 3.8) is 0 Å². The molecule has 1 fully saturated rings. The summed E-state index contributed by atoms with van der Waals surface area (Å²) in [7, 11) is -0.621. The first-order valence-corrected chi connectivity index (χ1v) is 15.2. The van der Waals surface area contributed by atoms with Gasteiger partial charge >= 0.3 is 6.18 Å². The van der Waals surface area contributed by atoms with Gasteiger partial charge in [0.15, 0.2) is 16.2 Å². The topological polar surface area (TPSA) is 88.1 Å². The van der Waals surface area contributed by atoms with Gasteiger partial charge in [0.05, 0.1) is 24.7 Å². The first-order valence-electron chi connectivity index (χ1n) is 13.3. The molecule has 220 valence electrons. The van der Waals surface area contributed by atoms with Crippen molar-refractivity contribution < 1.29 is 36.2 Å². The van der Waals surface area contributed by atoms with Crippen LogP contribution in [0.5, 0.6) is 11.5 Å². The quantitative estimate of drug-likeness (QED) is 0.336. The van der Waals surface area contributed by atoms with Gasteiger partial charge in [0.2, 0.25) is 0 Å². The number of alkyl halides is 3. The van der Waals surface area contributed by atoms with Gasteiger partial charge in [-0.25, -0.2) is 8.42 Å². The number of benzene rings is 3. The number of rotatable bonds is 8. The zero-order valence-electron chi connectivity index (χ0n) is 23.1. The largest absolute Gasteiger partial charge is 0.497 e. The van der Waals surface area contributed by atoms with E-state index >= 15 is 0 Å². The average Bonchev–Trinajstić information content (AvgIpc) is 3.55. The van der Waals surface area contributed by atoms with Crippen molar-refractivity contribution >= 4 is 15.5 Å². The molecule has 5 rings (SSSR count). The van der Waals surface area contributed by atoms with Gasteiger partial charge in [-0.15, -0.1) is 0 Å². The summed E-state index contributed by atoms with van der Waals surface area (Å²) in [6, 6.07) is 13.9. The molecular formula is C30H33F3N2O5S. The summed E-state index contributed by atoms with van der Waals surface area (Å²) in [6.07, 6.45) is -0.768. The number of aliphatic hydroxyl groups is 1. The number of methoxy groups -OCH3 is 2. The number of nitrogens with zero attached hydrogens (tertiary/aromatic N) is 1. The number of sulfone groups is 1. The molecule has 2 aliphatic rings. The van der Waals surface area contributed by atoms with E-state index in [0.717, 1.165) is 49.3 Å². The Bertz CT molecular complexity index is 1550. The van der Waals surface area contributed by atoms with E-state index in [1.807, 2.05) is 11.0 Å². The molecule has 3 aromatic carbocycles. The number of anilines is 1. The van der Waals surface area contributed by atoms with Crippen LogP contribution in [0.1, 0.15) is 42.4 Å². The number of nitrogens with one attached hydrogen (secondary N) is 1. The van der Waals surface area contributed by atoms with E-state index in [9.17, 15) is 26.7 Å². The van der Waals surface area contributed by atoms with Crippen LogP contribution in [-0.2, 0) is 28.0 Å². The lowest BCUT2D eigenvalue weighted by molar-refractivity contribution is -0.137. The zero-order valence-corrected chi connectivity index (χ0v) is 23.9. The van der Waals surface area contributed by atoms with Gasteiger partial charge in [-0.3, -0.25) is 5.32 Å². The van der Waals surface area contributed by atoms with Crippen molar-refractivity contribution in [2.45, 2.75) is 55.1 Å². The number of fused-ring (bicyclic) bond motifs is 2. The van der Waals surface area contributed by atoms with E-state index in [1.165, 1.54) is 38.5 Å². The number of ether oxygens (including phenoxy) is 2. The van der Waals surface area contributed by atoms with E-state index in [0.29, 0.717) is 23.4 Å². The van der Waals surface area contributed by atoms with Gasteiger partial charge in [-0.1, -0.05) is 31.0 Å². The lowest BCUT2D eigenvalue weighted by Gasteiger charge is -2.29. The fraction of sp³-hybridized carbons (Fsp3) is 0.400. The van der Waals surface area contributed by atoms with Crippen molar-refractivity contribution in [1.82, 2.24) is 5.32 Å². The molecule has 0 aromatic heterocycles. The predicted molar refractivity (Wildman–Crippen MR) is 150 cm³/mol. The molecule has 1 aliphatic carbocycles.